The van der Waals surface area contributed by atoms with E-state index >= 15 is 0 Å². The van der Waals surface area contributed by atoms with Crippen molar-refractivity contribution in [3.8, 4) is 0 Å². The Morgan fingerprint density at radius 3 is 2.52 bits per heavy atom. The van der Waals surface area contributed by atoms with Gasteiger partial charge in [0.05, 0.1) is 6.10 Å². The number of thioether (sulfide) groups is 1. The lowest BCUT2D eigenvalue weighted by molar-refractivity contribution is 0.208. The van der Waals surface area contributed by atoms with Crippen molar-refractivity contribution in [1.82, 2.24) is 9.97 Å². The van der Waals surface area contributed by atoms with Gasteiger partial charge in [-0.1, -0.05) is 42.1 Å². The normalized spacial score (nSPS) is 12.1. The molecule has 0 amide bonds. The Balaban J connectivity index is 2.07. The number of aliphatic hydroxyl groups is 1. The Morgan fingerprint density at radius 1 is 1.20 bits per heavy atom. The number of nitrogens with zero attached hydrogens (tertiary/aromatic N) is 2. The second-order valence-corrected chi connectivity index (χ2v) is 6.75. The second-order valence-electron chi connectivity index (χ2n) is 5.10. The predicted octanol–water partition coefficient (Wildman–Crippen LogP) is 1.47. The summed E-state index contributed by atoms with van der Waals surface area (Å²) in [7, 11) is -2.92. The Bertz CT molecular complexity index is 734. The Hall–Kier alpha value is -1.88. The highest BCUT2D eigenvalue weighted by Gasteiger charge is 2.07. The van der Waals surface area contributed by atoms with E-state index < -0.39 is 17.1 Å². The van der Waals surface area contributed by atoms with Gasteiger partial charge in [-0.2, -0.15) is 0 Å². The summed E-state index contributed by atoms with van der Waals surface area (Å²) in [6, 6.07) is 11.5. The standard InChI is InChI=1S/C15H20N4O4S2/c1-11(20)8-16-13-7-14(17-10-23-25(21)22)19-15(18-13)24-9-12-5-3-2-4-6-12/h2-7,11,20,25H,8-10H2,1H3,(H2,16,17,18,19)/t11-/m1/s1. The van der Waals surface area contributed by atoms with Gasteiger partial charge in [-0.15, -0.1) is 0 Å². The van der Waals surface area contributed by atoms with Crippen molar-refractivity contribution in [3.05, 3.63) is 42.0 Å². The van der Waals surface area contributed by atoms with Crippen molar-refractivity contribution in [1.29, 1.82) is 0 Å². The maximum absolute atomic E-state index is 10.5. The maximum Gasteiger partial charge on any atom is 0.258 e. The summed E-state index contributed by atoms with van der Waals surface area (Å²) in [4.78, 5) is 8.73. The molecule has 0 saturated carbocycles. The van der Waals surface area contributed by atoms with Crippen molar-refractivity contribution in [3.63, 3.8) is 0 Å². The molecule has 0 bridgehead atoms. The van der Waals surface area contributed by atoms with Gasteiger partial charge in [-0.3, -0.25) is 4.18 Å². The van der Waals surface area contributed by atoms with Gasteiger partial charge < -0.3 is 15.7 Å². The lowest BCUT2D eigenvalue weighted by Crippen LogP contribution is -2.17. The van der Waals surface area contributed by atoms with E-state index in [1.165, 1.54) is 11.8 Å². The minimum Gasteiger partial charge on any atom is -0.392 e. The summed E-state index contributed by atoms with van der Waals surface area (Å²) in [5.74, 6) is 1.65. The third kappa shape index (κ3) is 7.69. The first-order valence-corrected chi connectivity index (χ1v) is 9.60. The van der Waals surface area contributed by atoms with Crippen molar-refractivity contribution >= 4 is 34.4 Å². The Kier molecular flexibility index (Phi) is 7.92. The first-order chi connectivity index (χ1) is 12.0. The smallest absolute Gasteiger partial charge is 0.258 e. The molecule has 0 aliphatic carbocycles. The topological polar surface area (TPSA) is 113 Å². The van der Waals surface area contributed by atoms with Crippen molar-refractivity contribution in [2.45, 2.75) is 23.9 Å². The molecule has 0 unspecified atom stereocenters. The van der Waals surface area contributed by atoms with Crippen LogP contribution in [0.3, 0.4) is 0 Å². The zero-order valence-electron chi connectivity index (χ0n) is 13.6. The lowest BCUT2D eigenvalue weighted by Gasteiger charge is -2.11. The Labute approximate surface area is 152 Å². The van der Waals surface area contributed by atoms with Crippen LogP contribution >= 0.6 is 11.8 Å². The molecule has 3 N–H and O–H groups in total. The molecule has 0 fully saturated rings. The average molecular weight is 384 g/mol. The first kappa shape index (κ1) is 19.4. The molecule has 2 aromatic rings. The number of nitrogens with one attached hydrogen (secondary N) is 2. The van der Waals surface area contributed by atoms with Crippen molar-refractivity contribution < 1.29 is 17.7 Å². The van der Waals surface area contributed by atoms with Crippen LogP contribution in [0.5, 0.6) is 0 Å². The highest BCUT2D eigenvalue weighted by molar-refractivity contribution is 7.98. The molecule has 1 aromatic heterocycles. The summed E-state index contributed by atoms with van der Waals surface area (Å²) >= 11 is 1.45. The molecule has 0 saturated heterocycles. The molecule has 8 nitrogen and oxygen atoms in total. The first-order valence-electron chi connectivity index (χ1n) is 7.52. The molecule has 0 aliphatic heterocycles. The molecule has 0 aliphatic rings. The molecule has 1 aromatic carbocycles. The van der Waals surface area contributed by atoms with Crippen LogP contribution in [0.25, 0.3) is 0 Å². The molecular formula is C15H20N4O4S2. The van der Waals surface area contributed by atoms with Crippen molar-refractivity contribution in [2.75, 3.05) is 23.9 Å². The number of thiol groups is 1. The molecule has 1 heterocycles. The number of hydrogen-bond donors (Lipinski definition) is 4. The van der Waals surface area contributed by atoms with E-state index in [9.17, 15) is 13.5 Å². The largest absolute Gasteiger partial charge is 0.392 e. The number of aromatic nitrogens is 2. The highest BCUT2D eigenvalue weighted by atomic mass is 32.2. The molecule has 0 radical (unpaired) electrons. The van der Waals surface area contributed by atoms with Crippen LogP contribution in [-0.2, 0) is 20.9 Å². The summed E-state index contributed by atoms with van der Waals surface area (Å²) in [5, 5.41) is 15.7. The maximum atomic E-state index is 10.5. The summed E-state index contributed by atoms with van der Waals surface area (Å²) in [6.45, 7) is 1.79. The molecule has 2 rings (SSSR count). The van der Waals surface area contributed by atoms with Crippen LogP contribution < -0.4 is 10.6 Å². The van der Waals surface area contributed by atoms with Gasteiger partial charge in [-0.25, -0.2) is 18.4 Å². The fourth-order valence-electron chi connectivity index (χ4n) is 1.80. The second kappa shape index (κ2) is 10.2. The fourth-order valence-corrected chi connectivity index (χ4v) is 2.79. The predicted molar refractivity (Wildman–Crippen MR) is 98.1 cm³/mol. The van der Waals surface area contributed by atoms with Crippen molar-refractivity contribution in [2.24, 2.45) is 0 Å². The average Bonchev–Trinajstić information content (AvgIpc) is 2.59. The lowest BCUT2D eigenvalue weighted by atomic mass is 10.2. The summed E-state index contributed by atoms with van der Waals surface area (Å²) < 4.78 is 25.4. The van der Waals surface area contributed by atoms with Gasteiger partial charge in [0.15, 0.2) is 5.16 Å². The van der Waals surface area contributed by atoms with E-state index in [1.807, 2.05) is 30.3 Å². The van der Waals surface area contributed by atoms with Crippen LogP contribution in [0.2, 0.25) is 0 Å². The SMILES string of the molecule is C[C@@H](O)CNc1cc(NCO[SH](=O)=O)nc(SCc2ccccc2)n1. The van der Waals surface area contributed by atoms with Crippen LogP contribution in [0.1, 0.15) is 12.5 Å². The molecule has 10 heteroatoms. The monoisotopic (exact) mass is 384 g/mol. The fraction of sp³-hybridized carbons (Fsp3) is 0.333. The van der Waals surface area contributed by atoms with E-state index in [-0.39, 0.29) is 6.73 Å². The van der Waals surface area contributed by atoms with E-state index in [4.69, 9.17) is 0 Å². The van der Waals surface area contributed by atoms with Gasteiger partial charge in [0, 0.05) is 18.4 Å². The summed E-state index contributed by atoms with van der Waals surface area (Å²) in [5.41, 5.74) is 1.14. The number of hydrogen-bond acceptors (Lipinski definition) is 9. The third-order valence-electron chi connectivity index (χ3n) is 2.92. The number of benzene rings is 1. The van der Waals surface area contributed by atoms with Gasteiger partial charge in [0.25, 0.3) is 11.0 Å². The van der Waals surface area contributed by atoms with E-state index in [0.717, 1.165) is 5.56 Å². The molecule has 136 valence electrons. The zero-order valence-corrected chi connectivity index (χ0v) is 15.3. The number of rotatable bonds is 10. The number of aliphatic hydroxyl groups excluding tert-OH is 1. The highest BCUT2D eigenvalue weighted by Crippen LogP contribution is 2.23. The minimum absolute atomic E-state index is 0.214. The minimum atomic E-state index is -2.92. The van der Waals surface area contributed by atoms with Crippen LogP contribution in [0.4, 0.5) is 11.6 Å². The van der Waals surface area contributed by atoms with Crippen LogP contribution in [-0.4, -0.2) is 42.9 Å². The van der Waals surface area contributed by atoms with E-state index in [1.54, 1.807) is 13.0 Å². The van der Waals surface area contributed by atoms with Gasteiger partial charge in [0.1, 0.15) is 18.4 Å². The molecule has 25 heavy (non-hydrogen) atoms. The zero-order chi connectivity index (χ0) is 18.1. The van der Waals surface area contributed by atoms with Gasteiger partial charge >= 0.3 is 0 Å². The third-order valence-corrected chi connectivity index (χ3v) is 4.18. The van der Waals surface area contributed by atoms with Gasteiger partial charge in [-0.05, 0) is 12.5 Å². The molecular weight excluding hydrogens is 364 g/mol. The molecule has 1 atom stereocenters. The quantitative estimate of drug-likeness (QED) is 0.209. The van der Waals surface area contributed by atoms with E-state index in [0.29, 0.717) is 29.1 Å². The van der Waals surface area contributed by atoms with Crippen LogP contribution in [0.15, 0.2) is 41.6 Å². The summed E-state index contributed by atoms with van der Waals surface area (Å²) in [6.07, 6.45) is -0.528. The van der Waals surface area contributed by atoms with E-state index in [2.05, 4.69) is 24.8 Å². The van der Waals surface area contributed by atoms with Gasteiger partial charge in [0.2, 0.25) is 0 Å². The van der Waals surface area contributed by atoms with Crippen LogP contribution in [0, 0.1) is 0 Å². The molecule has 0 spiro atoms. The number of anilines is 2. The Morgan fingerprint density at radius 2 is 1.88 bits per heavy atom.